The van der Waals surface area contributed by atoms with Crippen LogP contribution >= 0.6 is 11.8 Å². The van der Waals surface area contributed by atoms with Gasteiger partial charge in [-0.05, 0) is 24.3 Å². The monoisotopic (exact) mass is 211 g/mol. The number of ether oxygens (including phenoxy) is 1. The van der Waals surface area contributed by atoms with Gasteiger partial charge in [0.05, 0.1) is 7.11 Å². The fourth-order valence-corrected chi connectivity index (χ4v) is 2.22. The summed E-state index contributed by atoms with van der Waals surface area (Å²) < 4.78 is 5.15. The zero-order valence-electron chi connectivity index (χ0n) is 8.75. The van der Waals surface area contributed by atoms with E-state index >= 15 is 0 Å². The Kier molecular flexibility index (Phi) is 4.66. The lowest BCUT2D eigenvalue weighted by Crippen LogP contribution is -1.89. The van der Waals surface area contributed by atoms with Gasteiger partial charge in [-0.25, -0.2) is 0 Å². The largest absolute Gasteiger partial charge is 0.497 e. The Morgan fingerprint density at radius 3 is 2.79 bits per heavy atom. The highest BCUT2D eigenvalue weighted by molar-refractivity contribution is 7.99. The van der Waals surface area contributed by atoms with Gasteiger partial charge in [0.25, 0.3) is 0 Å². The standard InChI is InChI=1S/C11H17NOS/c1-3-4-5-14-11-7-9(12)6-10(8-11)13-2/h6-8H,3-5,12H2,1-2H3. The van der Waals surface area contributed by atoms with Gasteiger partial charge in [0, 0.05) is 16.6 Å². The van der Waals surface area contributed by atoms with Gasteiger partial charge in [-0.1, -0.05) is 13.3 Å². The molecule has 2 nitrogen and oxygen atoms in total. The first kappa shape index (κ1) is 11.2. The minimum absolute atomic E-state index is 0.767. The number of rotatable bonds is 5. The fourth-order valence-electron chi connectivity index (χ4n) is 1.13. The van der Waals surface area contributed by atoms with E-state index in [9.17, 15) is 0 Å². The molecular weight excluding hydrogens is 194 g/mol. The quantitative estimate of drug-likeness (QED) is 0.461. The molecule has 0 saturated carbocycles. The van der Waals surface area contributed by atoms with Gasteiger partial charge in [0.2, 0.25) is 0 Å². The van der Waals surface area contributed by atoms with Crippen molar-refractivity contribution in [2.75, 3.05) is 18.6 Å². The SMILES string of the molecule is CCCCSc1cc(N)cc(OC)c1. The third-order valence-corrected chi connectivity index (χ3v) is 2.97. The highest BCUT2D eigenvalue weighted by Crippen LogP contribution is 2.26. The maximum Gasteiger partial charge on any atom is 0.122 e. The number of nitrogens with two attached hydrogens (primary N) is 1. The van der Waals surface area contributed by atoms with Crippen molar-refractivity contribution in [2.45, 2.75) is 24.7 Å². The summed E-state index contributed by atoms with van der Waals surface area (Å²) in [4.78, 5) is 1.19. The summed E-state index contributed by atoms with van der Waals surface area (Å²) in [6, 6.07) is 5.85. The summed E-state index contributed by atoms with van der Waals surface area (Å²) in [7, 11) is 1.66. The first-order chi connectivity index (χ1) is 6.76. The molecule has 0 unspecified atom stereocenters. The molecule has 1 rings (SSSR count). The summed E-state index contributed by atoms with van der Waals surface area (Å²) in [5, 5.41) is 0. The number of hydrogen-bond donors (Lipinski definition) is 1. The van der Waals surface area contributed by atoms with E-state index in [0.29, 0.717) is 0 Å². The van der Waals surface area contributed by atoms with E-state index in [1.54, 1.807) is 7.11 Å². The number of hydrogen-bond acceptors (Lipinski definition) is 3. The molecule has 1 aromatic carbocycles. The molecule has 0 fully saturated rings. The summed E-state index contributed by atoms with van der Waals surface area (Å²) in [5.41, 5.74) is 6.51. The lowest BCUT2D eigenvalue weighted by molar-refractivity contribution is 0.414. The lowest BCUT2D eigenvalue weighted by Gasteiger charge is -2.05. The highest BCUT2D eigenvalue weighted by Gasteiger charge is 1.99. The van der Waals surface area contributed by atoms with Crippen LogP contribution in [0.15, 0.2) is 23.1 Å². The summed E-state index contributed by atoms with van der Waals surface area (Å²) in [5.74, 6) is 1.98. The molecular formula is C11H17NOS. The van der Waals surface area contributed by atoms with Gasteiger partial charge in [-0.3, -0.25) is 0 Å². The predicted molar refractivity (Wildman–Crippen MR) is 63.0 cm³/mol. The molecule has 0 aliphatic carbocycles. The van der Waals surface area contributed by atoms with Gasteiger partial charge in [0.1, 0.15) is 5.75 Å². The van der Waals surface area contributed by atoms with E-state index in [4.69, 9.17) is 10.5 Å². The Morgan fingerprint density at radius 1 is 1.36 bits per heavy atom. The van der Waals surface area contributed by atoms with Gasteiger partial charge >= 0.3 is 0 Å². The van der Waals surface area contributed by atoms with E-state index in [0.717, 1.165) is 17.2 Å². The molecule has 0 bridgehead atoms. The number of unbranched alkanes of at least 4 members (excludes halogenated alkanes) is 1. The van der Waals surface area contributed by atoms with Crippen LogP contribution in [0.4, 0.5) is 5.69 Å². The topological polar surface area (TPSA) is 35.2 Å². The average molecular weight is 211 g/mol. The first-order valence-corrected chi connectivity index (χ1v) is 5.82. The Hall–Kier alpha value is -0.830. The summed E-state index contributed by atoms with van der Waals surface area (Å²) in [6.45, 7) is 2.19. The molecule has 0 heterocycles. The third-order valence-electron chi connectivity index (χ3n) is 1.90. The average Bonchev–Trinajstić information content (AvgIpc) is 2.17. The molecule has 78 valence electrons. The fraction of sp³-hybridized carbons (Fsp3) is 0.455. The highest BCUT2D eigenvalue weighted by atomic mass is 32.2. The van der Waals surface area contributed by atoms with Crippen LogP contribution < -0.4 is 10.5 Å². The maximum atomic E-state index is 5.75. The molecule has 0 aliphatic heterocycles. The van der Waals surface area contributed by atoms with Crippen LogP contribution in [0.5, 0.6) is 5.75 Å². The zero-order valence-corrected chi connectivity index (χ0v) is 9.56. The van der Waals surface area contributed by atoms with Crippen LogP contribution in [0.3, 0.4) is 0 Å². The van der Waals surface area contributed by atoms with Gasteiger partial charge in [-0.15, -0.1) is 11.8 Å². The molecule has 0 aromatic heterocycles. The van der Waals surface area contributed by atoms with E-state index in [1.165, 1.54) is 17.7 Å². The van der Waals surface area contributed by atoms with Crippen molar-refractivity contribution in [3.63, 3.8) is 0 Å². The van der Waals surface area contributed by atoms with Crippen LogP contribution in [0, 0.1) is 0 Å². The second-order valence-electron chi connectivity index (χ2n) is 3.14. The predicted octanol–water partition coefficient (Wildman–Crippen LogP) is 3.17. The number of anilines is 1. The van der Waals surface area contributed by atoms with Crippen LogP contribution in [-0.2, 0) is 0 Å². The zero-order chi connectivity index (χ0) is 10.4. The Bertz CT molecular complexity index is 289. The van der Waals surface area contributed by atoms with Crippen molar-refractivity contribution >= 4 is 17.4 Å². The number of nitrogen functional groups attached to an aromatic ring is 1. The van der Waals surface area contributed by atoms with Crippen molar-refractivity contribution in [1.29, 1.82) is 0 Å². The van der Waals surface area contributed by atoms with Crippen LogP contribution in [-0.4, -0.2) is 12.9 Å². The molecule has 3 heteroatoms. The van der Waals surface area contributed by atoms with Crippen LogP contribution in [0.25, 0.3) is 0 Å². The lowest BCUT2D eigenvalue weighted by atomic mass is 10.3. The van der Waals surface area contributed by atoms with Crippen LogP contribution in [0.2, 0.25) is 0 Å². The van der Waals surface area contributed by atoms with Crippen molar-refractivity contribution in [3.05, 3.63) is 18.2 Å². The Labute approximate surface area is 89.8 Å². The molecule has 0 atom stereocenters. The molecule has 2 N–H and O–H groups in total. The Balaban J connectivity index is 2.62. The van der Waals surface area contributed by atoms with E-state index in [2.05, 4.69) is 6.92 Å². The minimum Gasteiger partial charge on any atom is -0.497 e. The molecule has 1 aromatic rings. The second kappa shape index (κ2) is 5.81. The maximum absolute atomic E-state index is 5.75. The van der Waals surface area contributed by atoms with Crippen molar-refractivity contribution < 1.29 is 4.74 Å². The molecule has 14 heavy (non-hydrogen) atoms. The first-order valence-electron chi connectivity index (χ1n) is 4.83. The minimum atomic E-state index is 0.767. The van der Waals surface area contributed by atoms with E-state index < -0.39 is 0 Å². The summed E-state index contributed by atoms with van der Waals surface area (Å²) >= 11 is 1.83. The summed E-state index contributed by atoms with van der Waals surface area (Å²) in [6.07, 6.45) is 2.47. The molecule has 0 spiro atoms. The second-order valence-corrected chi connectivity index (χ2v) is 4.31. The van der Waals surface area contributed by atoms with Gasteiger partial charge < -0.3 is 10.5 Å². The van der Waals surface area contributed by atoms with Crippen molar-refractivity contribution in [1.82, 2.24) is 0 Å². The normalized spacial score (nSPS) is 10.1. The number of benzene rings is 1. The number of thioether (sulfide) groups is 1. The molecule has 0 radical (unpaired) electrons. The molecule has 0 aliphatic rings. The van der Waals surface area contributed by atoms with Crippen LogP contribution in [0.1, 0.15) is 19.8 Å². The van der Waals surface area contributed by atoms with Crippen molar-refractivity contribution in [2.24, 2.45) is 0 Å². The molecule has 0 amide bonds. The number of methoxy groups -OCH3 is 1. The van der Waals surface area contributed by atoms with E-state index in [-0.39, 0.29) is 0 Å². The Morgan fingerprint density at radius 2 is 2.14 bits per heavy atom. The third kappa shape index (κ3) is 3.50. The van der Waals surface area contributed by atoms with Gasteiger partial charge in [-0.2, -0.15) is 0 Å². The van der Waals surface area contributed by atoms with E-state index in [1.807, 2.05) is 30.0 Å². The van der Waals surface area contributed by atoms with Gasteiger partial charge in [0.15, 0.2) is 0 Å². The van der Waals surface area contributed by atoms with Crippen molar-refractivity contribution in [3.8, 4) is 5.75 Å². The molecule has 0 saturated heterocycles. The smallest absolute Gasteiger partial charge is 0.122 e.